The Labute approximate surface area is 157 Å². The lowest BCUT2D eigenvalue weighted by atomic mass is 10.1. The summed E-state index contributed by atoms with van der Waals surface area (Å²) in [6, 6.07) is 11.6. The van der Waals surface area contributed by atoms with E-state index in [1.165, 1.54) is 12.1 Å². The molecule has 3 rings (SSSR count). The van der Waals surface area contributed by atoms with Gasteiger partial charge in [0.2, 0.25) is 11.8 Å². The molecule has 1 unspecified atom stereocenters. The van der Waals surface area contributed by atoms with E-state index in [2.05, 4.69) is 5.32 Å². The zero-order valence-corrected chi connectivity index (χ0v) is 15.2. The Morgan fingerprint density at radius 3 is 2.73 bits per heavy atom. The first-order valence-electron chi connectivity index (χ1n) is 8.52. The third-order valence-corrected chi connectivity index (χ3v) is 4.82. The van der Waals surface area contributed by atoms with Crippen LogP contribution in [0.5, 0.6) is 0 Å². The molecule has 26 heavy (non-hydrogen) atoms. The molecule has 2 aromatic carbocycles. The predicted molar refractivity (Wildman–Crippen MR) is 99.8 cm³/mol. The monoisotopic (exact) mass is 374 g/mol. The second-order valence-electron chi connectivity index (χ2n) is 6.50. The van der Waals surface area contributed by atoms with E-state index in [4.69, 9.17) is 11.6 Å². The lowest BCUT2D eigenvalue weighted by Crippen LogP contribution is -2.34. The Kier molecular flexibility index (Phi) is 5.57. The van der Waals surface area contributed by atoms with Gasteiger partial charge in [0, 0.05) is 30.2 Å². The summed E-state index contributed by atoms with van der Waals surface area (Å²) >= 11 is 6.04. The van der Waals surface area contributed by atoms with Crippen LogP contribution in [0.4, 0.5) is 10.1 Å². The molecule has 0 aliphatic carbocycles. The minimum Gasteiger partial charge on any atom is -0.355 e. The number of carbonyl (C=O) groups is 2. The number of halogens is 2. The summed E-state index contributed by atoms with van der Waals surface area (Å²) in [4.78, 5) is 26.4. The molecule has 2 aromatic rings. The molecule has 2 amide bonds. The Morgan fingerprint density at radius 2 is 2.00 bits per heavy atom. The van der Waals surface area contributed by atoms with Gasteiger partial charge in [-0.05, 0) is 48.7 Å². The lowest BCUT2D eigenvalue weighted by molar-refractivity contribution is -0.126. The highest BCUT2D eigenvalue weighted by molar-refractivity contribution is 6.31. The van der Waals surface area contributed by atoms with Gasteiger partial charge in [0.05, 0.1) is 5.92 Å². The molecule has 1 aliphatic rings. The van der Waals surface area contributed by atoms with E-state index in [0.717, 1.165) is 16.8 Å². The van der Waals surface area contributed by atoms with Gasteiger partial charge >= 0.3 is 0 Å². The highest BCUT2D eigenvalue weighted by Gasteiger charge is 2.35. The molecule has 4 nitrogen and oxygen atoms in total. The lowest BCUT2D eigenvalue weighted by Gasteiger charge is -2.19. The summed E-state index contributed by atoms with van der Waals surface area (Å²) in [5, 5.41) is 3.43. The maximum absolute atomic E-state index is 12.9. The van der Waals surface area contributed by atoms with Crippen molar-refractivity contribution >= 4 is 29.1 Å². The van der Waals surface area contributed by atoms with Crippen LogP contribution in [0.2, 0.25) is 5.02 Å². The molecule has 1 heterocycles. The van der Waals surface area contributed by atoms with Gasteiger partial charge in [0.15, 0.2) is 0 Å². The van der Waals surface area contributed by atoms with Crippen LogP contribution < -0.4 is 10.2 Å². The first kappa shape index (κ1) is 18.4. The van der Waals surface area contributed by atoms with Crippen molar-refractivity contribution in [2.75, 3.05) is 18.0 Å². The predicted octanol–water partition coefficient (Wildman–Crippen LogP) is 3.50. The summed E-state index contributed by atoms with van der Waals surface area (Å²) in [5.41, 5.74) is 2.65. The highest BCUT2D eigenvalue weighted by atomic mass is 35.5. The van der Waals surface area contributed by atoms with Crippen molar-refractivity contribution in [1.29, 1.82) is 0 Å². The van der Waals surface area contributed by atoms with Gasteiger partial charge in [-0.25, -0.2) is 4.39 Å². The van der Waals surface area contributed by atoms with Gasteiger partial charge in [-0.15, -0.1) is 0 Å². The average Bonchev–Trinajstić information content (AvgIpc) is 3.00. The van der Waals surface area contributed by atoms with E-state index in [1.807, 2.05) is 13.0 Å². The molecule has 0 spiro atoms. The first-order chi connectivity index (χ1) is 12.4. The van der Waals surface area contributed by atoms with Crippen LogP contribution in [0.1, 0.15) is 17.5 Å². The van der Waals surface area contributed by atoms with Crippen LogP contribution in [0.15, 0.2) is 42.5 Å². The van der Waals surface area contributed by atoms with Gasteiger partial charge in [-0.3, -0.25) is 9.59 Å². The summed E-state index contributed by atoms with van der Waals surface area (Å²) in [5.74, 6) is -0.871. The fraction of sp³-hybridized carbons (Fsp3) is 0.300. The summed E-state index contributed by atoms with van der Waals surface area (Å²) in [6.07, 6.45) is 0.804. The molecule has 1 N–H and O–H groups in total. The SMILES string of the molecule is Cc1ccc(Cl)cc1N1CC(C(=O)NCCc2ccc(F)cc2)CC1=O. The Balaban J connectivity index is 1.56. The molecule has 1 fully saturated rings. The highest BCUT2D eigenvalue weighted by Crippen LogP contribution is 2.30. The Bertz CT molecular complexity index is 823. The summed E-state index contributed by atoms with van der Waals surface area (Å²) < 4.78 is 12.9. The normalized spacial score (nSPS) is 16.8. The van der Waals surface area contributed by atoms with Crippen molar-refractivity contribution in [3.05, 3.63) is 64.4 Å². The number of hydrogen-bond acceptors (Lipinski definition) is 2. The molecule has 1 aliphatic heterocycles. The maximum atomic E-state index is 12.9. The van der Waals surface area contributed by atoms with E-state index in [-0.39, 0.29) is 30.0 Å². The van der Waals surface area contributed by atoms with Crippen molar-refractivity contribution in [3.8, 4) is 0 Å². The van der Waals surface area contributed by atoms with Gasteiger partial charge in [0.1, 0.15) is 5.82 Å². The molecule has 0 aromatic heterocycles. The molecule has 0 bridgehead atoms. The van der Waals surface area contributed by atoms with Crippen LogP contribution in [0.3, 0.4) is 0 Å². The standard InChI is InChI=1S/C20H20ClFN2O2/c1-13-2-5-16(21)11-18(13)24-12-15(10-19(24)25)20(26)23-9-8-14-3-6-17(22)7-4-14/h2-7,11,15H,8-10,12H2,1H3,(H,23,26). The van der Waals surface area contributed by atoms with Crippen molar-refractivity contribution < 1.29 is 14.0 Å². The van der Waals surface area contributed by atoms with Gasteiger partial charge < -0.3 is 10.2 Å². The largest absolute Gasteiger partial charge is 0.355 e. The van der Waals surface area contributed by atoms with Gasteiger partial charge in [-0.1, -0.05) is 29.8 Å². The number of aryl methyl sites for hydroxylation is 1. The minimum atomic E-state index is -0.380. The van der Waals surface area contributed by atoms with E-state index in [9.17, 15) is 14.0 Å². The zero-order chi connectivity index (χ0) is 18.7. The molecular formula is C20H20ClFN2O2. The number of carbonyl (C=O) groups excluding carboxylic acids is 2. The molecule has 136 valence electrons. The zero-order valence-electron chi connectivity index (χ0n) is 14.5. The summed E-state index contributed by atoms with van der Waals surface area (Å²) in [6.45, 7) is 2.71. The van der Waals surface area contributed by atoms with Crippen LogP contribution >= 0.6 is 11.6 Å². The fourth-order valence-corrected chi connectivity index (χ4v) is 3.28. The molecule has 0 radical (unpaired) electrons. The smallest absolute Gasteiger partial charge is 0.227 e. The van der Waals surface area contributed by atoms with Crippen LogP contribution in [0.25, 0.3) is 0 Å². The first-order valence-corrected chi connectivity index (χ1v) is 8.90. The molecule has 1 saturated heterocycles. The third kappa shape index (κ3) is 4.22. The van der Waals surface area contributed by atoms with E-state index in [1.54, 1.807) is 29.2 Å². The van der Waals surface area contributed by atoms with Crippen LogP contribution in [-0.2, 0) is 16.0 Å². The minimum absolute atomic E-state index is 0.0750. The van der Waals surface area contributed by atoms with Gasteiger partial charge in [0.25, 0.3) is 0 Å². The molecule has 0 saturated carbocycles. The summed E-state index contributed by atoms with van der Waals surface area (Å²) in [7, 11) is 0. The number of nitrogens with zero attached hydrogens (tertiary/aromatic N) is 1. The maximum Gasteiger partial charge on any atom is 0.227 e. The van der Waals surface area contributed by atoms with Crippen LogP contribution in [-0.4, -0.2) is 24.9 Å². The van der Waals surface area contributed by atoms with E-state index < -0.39 is 0 Å². The second-order valence-corrected chi connectivity index (χ2v) is 6.94. The van der Waals surface area contributed by atoms with E-state index >= 15 is 0 Å². The van der Waals surface area contributed by atoms with Crippen molar-refractivity contribution in [2.45, 2.75) is 19.8 Å². The molecular weight excluding hydrogens is 355 g/mol. The second kappa shape index (κ2) is 7.87. The number of benzene rings is 2. The number of hydrogen-bond donors (Lipinski definition) is 1. The van der Waals surface area contributed by atoms with Crippen molar-refractivity contribution in [3.63, 3.8) is 0 Å². The number of amides is 2. The number of rotatable bonds is 5. The molecule has 6 heteroatoms. The number of anilines is 1. The fourth-order valence-electron chi connectivity index (χ4n) is 3.11. The van der Waals surface area contributed by atoms with Crippen LogP contribution in [0, 0.1) is 18.7 Å². The van der Waals surface area contributed by atoms with Crippen molar-refractivity contribution in [2.24, 2.45) is 5.92 Å². The topological polar surface area (TPSA) is 49.4 Å². The van der Waals surface area contributed by atoms with Gasteiger partial charge in [-0.2, -0.15) is 0 Å². The third-order valence-electron chi connectivity index (χ3n) is 4.58. The Morgan fingerprint density at radius 1 is 1.27 bits per heavy atom. The van der Waals surface area contributed by atoms with Crippen molar-refractivity contribution in [1.82, 2.24) is 5.32 Å². The number of nitrogens with one attached hydrogen (secondary N) is 1. The van der Waals surface area contributed by atoms with E-state index in [0.29, 0.717) is 24.5 Å². The molecule has 1 atom stereocenters. The quantitative estimate of drug-likeness (QED) is 0.870. The average molecular weight is 375 g/mol. The Hall–Kier alpha value is -2.40.